The minimum Gasteiger partial charge on any atom is -0.317 e. The Morgan fingerprint density at radius 1 is 1.00 bits per heavy atom. The first-order valence-electron chi connectivity index (χ1n) is 8.56. The van der Waals surface area contributed by atoms with Crippen LogP contribution < -0.4 is 5.32 Å². The lowest BCUT2D eigenvalue weighted by atomic mass is 10.0. The standard InChI is InChI=1S/C18H33NS/c1-3-4-5-6-7-8-9-10-11-13-17(19-2)16-18-14-12-15-20-18/h12,14-15,17,19H,3-11,13,16H2,1-2H3. The largest absolute Gasteiger partial charge is 0.317 e. The zero-order valence-electron chi connectivity index (χ0n) is 13.5. The number of unbranched alkanes of at least 4 members (excludes halogenated alkanes) is 8. The van der Waals surface area contributed by atoms with Crippen LogP contribution >= 0.6 is 11.3 Å². The van der Waals surface area contributed by atoms with E-state index in [0.717, 1.165) is 0 Å². The van der Waals surface area contributed by atoms with E-state index in [1.807, 2.05) is 11.3 Å². The van der Waals surface area contributed by atoms with Gasteiger partial charge < -0.3 is 5.32 Å². The molecule has 116 valence electrons. The van der Waals surface area contributed by atoms with Gasteiger partial charge in [-0.2, -0.15) is 0 Å². The molecule has 1 heterocycles. The molecule has 0 saturated carbocycles. The average Bonchev–Trinajstić information content (AvgIpc) is 2.97. The molecule has 1 N–H and O–H groups in total. The molecule has 0 amide bonds. The highest BCUT2D eigenvalue weighted by Crippen LogP contribution is 2.15. The Kier molecular flexibility index (Phi) is 11.0. The van der Waals surface area contributed by atoms with Crippen LogP contribution in [0.25, 0.3) is 0 Å². The van der Waals surface area contributed by atoms with Crippen molar-refractivity contribution in [2.45, 2.75) is 83.6 Å². The molecule has 1 nitrogen and oxygen atoms in total. The van der Waals surface area contributed by atoms with Gasteiger partial charge in [0.1, 0.15) is 0 Å². The van der Waals surface area contributed by atoms with Crippen molar-refractivity contribution in [1.29, 1.82) is 0 Å². The third-order valence-electron chi connectivity index (χ3n) is 4.09. The maximum absolute atomic E-state index is 3.47. The van der Waals surface area contributed by atoms with E-state index < -0.39 is 0 Å². The number of rotatable bonds is 13. The topological polar surface area (TPSA) is 12.0 Å². The van der Waals surface area contributed by atoms with Gasteiger partial charge in [-0.25, -0.2) is 0 Å². The quantitative estimate of drug-likeness (QED) is 0.453. The summed E-state index contributed by atoms with van der Waals surface area (Å²) in [4.78, 5) is 1.51. The minimum absolute atomic E-state index is 0.665. The third kappa shape index (κ3) is 8.76. The first-order valence-corrected chi connectivity index (χ1v) is 9.44. The normalized spacial score (nSPS) is 12.7. The van der Waals surface area contributed by atoms with Crippen molar-refractivity contribution in [2.24, 2.45) is 0 Å². The fraction of sp³-hybridized carbons (Fsp3) is 0.778. The lowest BCUT2D eigenvalue weighted by Gasteiger charge is -2.15. The Bertz CT molecular complexity index is 294. The summed E-state index contributed by atoms with van der Waals surface area (Å²) in [5.41, 5.74) is 0. The van der Waals surface area contributed by atoms with Crippen LogP contribution in [0.15, 0.2) is 17.5 Å². The molecule has 1 atom stereocenters. The van der Waals surface area contributed by atoms with Gasteiger partial charge in [0.05, 0.1) is 0 Å². The number of likely N-dealkylation sites (N-methyl/N-ethyl adjacent to an activating group) is 1. The Balaban J connectivity index is 1.93. The van der Waals surface area contributed by atoms with Crippen molar-refractivity contribution < 1.29 is 0 Å². The van der Waals surface area contributed by atoms with Gasteiger partial charge in [-0.15, -0.1) is 11.3 Å². The van der Waals surface area contributed by atoms with Gasteiger partial charge in [0.2, 0.25) is 0 Å². The number of hydrogen-bond acceptors (Lipinski definition) is 2. The zero-order chi connectivity index (χ0) is 14.5. The lowest BCUT2D eigenvalue weighted by Crippen LogP contribution is -2.27. The summed E-state index contributed by atoms with van der Waals surface area (Å²) in [6.07, 6.45) is 15.3. The second-order valence-electron chi connectivity index (χ2n) is 5.89. The van der Waals surface area contributed by atoms with Gasteiger partial charge in [-0.1, -0.05) is 70.8 Å². The highest BCUT2D eigenvalue weighted by molar-refractivity contribution is 7.09. The van der Waals surface area contributed by atoms with Crippen LogP contribution in [-0.2, 0) is 6.42 Å². The maximum Gasteiger partial charge on any atom is 0.0112 e. The smallest absolute Gasteiger partial charge is 0.0112 e. The fourth-order valence-corrected chi connectivity index (χ4v) is 3.51. The van der Waals surface area contributed by atoms with Gasteiger partial charge >= 0.3 is 0 Å². The number of nitrogens with one attached hydrogen (secondary N) is 1. The second-order valence-corrected chi connectivity index (χ2v) is 6.92. The lowest BCUT2D eigenvalue weighted by molar-refractivity contribution is 0.479. The highest BCUT2D eigenvalue weighted by Gasteiger charge is 2.07. The van der Waals surface area contributed by atoms with Crippen LogP contribution in [-0.4, -0.2) is 13.1 Å². The molecule has 0 aliphatic rings. The summed E-state index contributed by atoms with van der Waals surface area (Å²) >= 11 is 1.88. The first-order chi connectivity index (χ1) is 9.86. The molecule has 0 fully saturated rings. The van der Waals surface area contributed by atoms with Crippen LogP contribution in [0.2, 0.25) is 0 Å². The molecule has 20 heavy (non-hydrogen) atoms. The van der Waals surface area contributed by atoms with E-state index in [1.165, 1.54) is 75.5 Å². The van der Waals surface area contributed by atoms with Crippen LogP contribution in [0.1, 0.15) is 76.0 Å². The first kappa shape index (κ1) is 17.7. The van der Waals surface area contributed by atoms with E-state index in [4.69, 9.17) is 0 Å². The van der Waals surface area contributed by atoms with Crippen LogP contribution in [0.4, 0.5) is 0 Å². The van der Waals surface area contributed by atoms with Gasteiger partial charge in [-0.05, 0) is 31.3 Å². The highest BCUT2D eigenvalue weighted by atomic mass is 32.1. The van der Waals surface area contributed by atoms with E-state index in [0.29, 0.717) is 6.04 Å². The van der Waals surface area contributed by atoms with Gasteiger partial charge in [0, 0.05) is 10.9 Å². The maximum atomic E-state index is 3.47. The third-order valence-corrected chi connectivity index (χ3v) is 4.99. The van der Waals surface area contributed by atoms with Crippen LogP contribution in [0.5, 0.6) is 0 Å². The van der Waals surface area contributed by atoms with E-state index in [2.05, 4.69) is 36.8 Å². The summed E-state index contributed by atoms with van der Waals surface area (Å²) in [7, 11) is 2.10. The summed E-state index contributed by atoms with van der Waals surface area (Å²) in [6, 6.07) is 5.08. The Hall–Kier alpha value is -0.340. The van der Waals surface area contributed by atoms with Crippen molar-refractivity contribution >= 4 is 11.3 Å². The molecule has 0 bridgehead atoms. The summed E-state index contributed by atoms with van der Waals surface area (Å²) in [5, 5.41) is 5.65. The zero-order valence-corrected chi connectivity index (χ0v) is 14.3. The van der Waals surface area contributed by atoms with Crippen LogP contribution in [0.3, 0.4) is 0 Å². The molecule has 1 rings (SSSR count). The number of hydrogen-bond donors (Lipinski definition) is 1. The molecule has 0 aliphatic carbocycles. The summed E-state index contributed by atoms with van der Waals surface area (Å²) < 4.78 is 0. The summed E-state index contributed by atoms with van der Waals surface area (Å²) in [5.74, 6) is 0. The fourth-order valence-electron chi connectivity index (χ4n) is 2.72. The summed E-state index contributed by atoms with van der Waals surface area (Å²) in [6.45, 7) is 2.29. The Morgan fingerprint density at radius 2 is 1.65 bits per heavy atom. The van der Waals surface area contributed by atoms with Crippen molar-refractivity contribution in [2.75, 3.05) is 7.05 Å². The molecule has 1 unspecified atom stereocenters. The van der Waals surface area contributed by atoms with Crippen molar-refractivity contribution in [1.82, 2.24) is 5.32 Å². The van der Waals surface area contributed by atoms with Gasteiger partial charge in [0.25, 0.3) is 0 Å². The van der Waals surface area contributed by atoms with E-state index in [1.54, 1.807) is 0 Å². The van der Waals surface area contributed by atoms with Crippen molar-refractivity contribution in [3.63, 3.8) is 0 Å². The van der Waals surface area contributed by atoms with E-state index in [-0.39, 0.29) is 0 Å². The Morgan fingerprint density at radius 3 is 2.20 bits per heavy atom. The van der Waals surface area contributed by atoms with Crippen molar-refractivity contribution in [3.8, 4) is 0 Å². The molecular weight excluding hydrogens is 262 g/mol. The average molecular weight is 296 g/mol. The molecule has 0 saturated heterocycles. The second kappa shape index (κ2) is 12.4. The number of thiophene rings is 1. The van der Waals surface area contributed by atoms with Crippen LogP contribution in [0, 0.1) is 0 Å². The van der Waals surface area contributed by atoms with Gasteiger partial charge in [0.15, 0.2) is 0 Å². The predicted octanol–water partition coefficient (Wildman–Crippen LogP) is 5.80. The molecule has 1 aromatic rings. The molecular formula is C18H33NS. The molecule has 2 heteroatoms. The molecule has 0 radical (unpaired) electrons. The monoisotopic (exact) mass is 295 g/mol. The molecule has 0 aliphatic heterocycles. The SMILES string of the molecule is CCCCCCCCCCCC(Cc1cccs1)NC. The van der Waals surface area contributed by atoms with Gasteiger partial charge in [-0.3, -0.25) is 0 Å². The molecule has 0 aromatic carbocycles. The van der Waals surface area contributed by atoms with E-state index in [9.17, 15) is 0 Å². The minimum atomic E-state index is 0.665. The van der Waals surface area contributed by atoms with Crippen molar-refractivity contribution in [3.05, 3.63) is 22.4 Å². The molecule has 0 spiro atoms. The Labute approximate surface area is 130 Å². The predicted molar refractivity (Wildman–Crippen MR) is 92.7 cm³/mol. The van der Waals surface area contributed by atoms with E-state index >= 15 is 0 Å². The molecule has 1 aromatic heterocycles.